The first-order valence-electron chi connectivity index (χ1n) is 8.08. The number of amides is 1. The maximum atomic E-state index is 11.8. The number of hydrogen-bond donors (Lipinski definition) is 1. The summed E-state index contributed by atoms with van der Waals surface area (Å²) in [4.78, 5) is 24.8. The fraction of sp³-hybridized carbons (Fsp3) is 0.600. The van der Waals surface area contributed by atoms with Crippen molar-refractivity contribution in [1.82, 2.24) is 29.8 Å². The Labute approximate surface area is 135 Å². The number of aryl methyl sites for hydroxylation is 1. The van der Waals surface area contributed by atoms with E-state index in [4.69, 9.17) is 0 Å². The van der Waals surface area contributed by atoms with Crippen LogP contribution in [0.3, 0.4) is 0 Å². The summed E-state index contributed by atoms with van der Waals surface area (Å²) in [6, 6.07) is 2.03. The van der Waals surface area contributed by atoms with Crippen LogP contribution in [0, 0.1) is 6.92 Å². The highest BCUT2D eigenvalue weighted by Crippen LogP contribution is 2.17. The van der Waals surface area contributed by atoms with Crippen LogP contribution in [0.25, 0.3) is 5.78 Å². The van der Waals surface area contributed by atoms with Gasteiger partial charge < -0.3 is 10.2 Å². The highest BCUT2D eigenvalue weighted by Gasteiger charge is 2.21. The van der Waals surface area contributed by atoms with E-state index in [1.165, 1.54) is 6.33 Å². The number of nitrogens with zero attached hydrogens (tertiary/aromatic N) is 6. The SMILES string of the molecule is CCCNC(=O)CN1CCN(c2cc(C)nc3ncnn23)CC1. The Balaban J connectivity index is 1.62. The third kappa shape index (κ3) is 3.58. The second kappa shape index (κ2) is 6.91. The van der Waals surface area contributed by atoms with Crippen molar-refractivity contribution in [3.63, 3.8) is 0 Å². The lowest BCUT2D eigenvalue weighted by Gasteiger charge is -2.35. The molecule has 3 heterocycles. The van der Waals surface area contributed by atoms with Gasteiger partial charge in [0.25, 0.3) is 5.78 Å². The molecule has 0 unspecified atom stereocenters. The molecular formula is C15H23N7O. The highest BCUT2D eigenvalue weighted by atomic mass is 16.2. The number of carbonyl (C=O) groups is 1. The zero-order chi connectivity index (χ0) is 16.2. The lowest BCUT2D eigenvalue weighted by atomic mass is 10.3. The van der Waals surface area contributed by atoms with E-state index in [1.54, 1.807) is 4.52 Å². The standard InChI is InChI=1S/C15H23N7O/c1-3-4-16-13(23)10-20-5-7-21(8-6-20)14-9-12(2)19-15-17-11-18-22(14)15/h9,11H,3-8,10H2,1-2H3,(H,16,23). The molecule has 2 aromatic rings. The number of fused-ring (bicyclic) bond motifs is 1. The molecular weight excluding hydrogens is 294 g/mol. The molecule has 0 spiro atoms. The molecule has 124 valence electrons. The average molecular weight is 317 g/mol. The van der Waals surface area contributed by atoms with Crippen molar-refractivity contribution in [2.75, 3.05) is 44.2 Å². The van der Waals surface area contributed by atoms with Crippen LogP contribution in [0.2, 0.25) is 0 Å². The monoisotopic (exact) mass is 317 g/mol. The number of hydrogen-bond acceptors (Lipinski definition) is 6. The Bertz CT molecular complexity index is 676. The second-order valence-electron chi connectivity index (χ2n) is 5.84. The lowest BCUT2D eigenvalue weighted by Crippen LogP contribution is -2.50. The van der Waals surface area contributed by atoms with Crippen molar-refractivity contribution in [3.05, 3.63) is 18.1 Å². The topological polar surface area (TPSA) is 78.7 Å². The van der Waals surface area contributed by atoms with E-state index in [0.717, 1.165) is 50.7 Å². The smallest absolute Gasteiger partial charge is 0.254 e. The minimum Gasteiger partial charge on any atom is -0.355 e. The third-order valence-corrected chi connectivity index (χ3v) is 4.00. The van der Waals surface area contributed by atoms with Crippen LogP contribution in [-0.2, 0) is 4.79 Å². The second-order valence-corrected chi connectivity index (χ2v) is 5.84. The van der Waals surface area contributed by atoms with E-state index in [0.29, 0.717) is 12.3 Å². The first-order chi connectivity index (χ1) is 11.2. The Hall–Kier alpha value is -2.22. The van der Waals surface area contributed by atoms with Crippen molar-refractivity contribution < 1.29 is 4.79 Å². The van der Waals surface area contributed by atoms with E-state index in [9.17, 15) is 4.79 Å². The van der Waals surface area contributed by atoms with Crippen LogP contribution in [0.15, 0.2) is 12.4 Å². The van der Waals surface area contributed by atoms with Crippen LogP contribution < -0.4 is 10.2 Å². The molecule has 0 radical (unpaired) electrons. The molecule has 3 rings (SSSR count). The van der Waals surface area contributed by atoms with Gasteiger partial charge in [-0.3, -0.25) is 9.69 Å². The first kappa shape index (κ1) is 15.7. The summed E-state index contributed by atoms with van der Waals surface area (Å²) in [5.41, 5.74) is 0.932. The van der Waals surface area contributed by atoms with Gasteiger partial charge in [-0.15, -0.1) is 0 Å². The number of rotatable bonds is 5. The summed E-state index contributed by atoms with van der Waals surface area (Å²) in [6.07, 6.45) is 2.49. The van der Waals surface area contributed by atoms with E-state index < -0.39 is 0 Å². The Morgan fingerprint density at radius 1 is 1.30 bits per heavy atom. The highest BCUT2D eigenvalue weighted by molar-refractivity contribution is 5.78. The summed E-state index contributed by atoms with van der Waals surface area (Å²) >= 11 is 0. The first-order valence-corrected chi connectivity index (χ1v) is 8.08. The molecule has 8 heteroatoms. The van der Waals surface area contributed by atoms with Crippen molar-refractivity contribution in [1.29, 1.82) is 0 Å². The summed E-state index contributed by atoms with van der Waals surface area (Å²) in [5.74, 6) is 1.75. The van der Waals surface area contributed by atoms with Crippen LogP contribution in [0.4, 0.5) is 5.82 Å². The van der Waals surface area contributed by atoms with Gasteiger partial charge in [0.2, 0.25) is 5.91 Å². The van der Waals surface area contributed by atoms with E-state index in [1.807, 2.05) is 13.0 Å². The average Bonchev–Trinajstić information content (AvgIpc) is 3.01. The number of aromatic nitrogens is 4. The van der Waals surface area contributed by atoms with Crippen LogP contribution in [0.5, 0.6) is 0 Å². The largest absolute Gasteiger partial charge is 0.355 e. The van der Waals surface area contributed by atoms with Gasteiger partial charge in [0, 0.05) is 44.5 Å². The van der Waals surface area contributed by atoms with E-state index in [2.05, 4.69) is 37.1 Å². The van der Waals surface area contributed by atoms with Gasteiger partial charge in [0.15, 0.2) is 0 Å². The van der Waals surface area contributed by atoms with Gasteiger partial charge in [0.1, 0.15) is 12.1 Å². The van der Waals surface area contributed by atoms with Crippen molar-refractivity contribution in [2.24, 2.45) is 0 Å². The normalized spacial score (nSPS) is 16.0. The Morgan fingerprint density at radius 2 is 2.09 bits per heavy atom. The summed E-state index contributed by atoms with van der Waals surface area (Å²) in [6.45, 7) is 8.68. The molecule has 1 aliphatic heterocycles. The Kier molecular flexibility index (Phi) is 4.71. The van der Waals surface area contributed by atoms with Gasteiger partial charge in [-0.2, -0.15) is 14.6 Å². The fourth-order valence-electron chi connectivity index (χ4n) is 2.79. The third-order valence-electron chi connectivity index (χ3n) is 4.00. The number of nitrogens with one attached hydrogen (secondary N) is 1. The molecule has 23 heavy (non-hydrogen) atoms. The van der Waals surface area contributed by atoms with Gasteiger partial charge in [0.05, 0.1) is 6.54 Å². The summed E-state index contributed by atoms with van der Waals surface area (Å²) < 4.78 is 1.77. The van der Waals surface area contributed by atoms with E-state index >= 15 is 0 Å². The van der Waals surface area contributed by atoms with Crippen molar-refractivity contribution >= 4 is 17.5 Å². The molecule has 0 saturated carbocycles. The minimum absolute atomic E-state index is 0.110. The van der Waals surface area contributed by atoms with Crippen molar-refractivity contribution in [3.8, 4) is 0 Å². The van der Waals surface area contributed by atoms with E-state index in [-0.39, 0.29) is 5.91 Å². The molecule has 1 saturated heterocycles. The molecule has 0 aromatic carbocycles. The molecule has 1 fully saturated rings. The molecule has 1 N–H and O–H groups in total. The zero-order valence-corrected chi connectivity index (χ0v) is 13.7. The molecule has 8 nitrogen and oxygen atoms in total. The molecule has 1 amide bonds. The summed E-state index contributed by atoms with van der Waals surface area (Å²) in [7, 11) is 0. The maximum Gasteiger partial charge on any atom is 0.254 e. The number of piperazine rings is 1. The zero-order valence-electron chi connectivity index (χ0n) is 13.7. The van der Waals surface area contributed by atoms with Crippen molar-refractivity contribution in [2.45, 2.75) is 20.3 Å². The molecule has 0 bridgehead atoms. The molecule has 1 aliphatic rings. The molecule has 2 aromatic heterocycles. The van der Waals surface area contributed by atoms with Gasteiger partial charge >= 0.3 is 0 Å². The number of carbonyl (C=O) groups excluding carboxylic acids is 1. The van der Waals surface area contributed by atoms with Gasteiger partial charge in [-0.05, 0) is 13.3 Å². The van der Waals surface area contributed by atoms with Crippen LogP contribution >= 0.6 is 0 Å². The summed E-state index contributed by atoms with van der Waals surface area (Å²) in [5, 5.41) is 7.19. The lowest BCUT2D eigenvalue weighted by molar-refractivity contribution is -0.122. The quantitative estimate of drug-likeness (QED) is 0.841. The predicted molar refractivity (Wildman–Crippen MR) is 87.5 cm³/mol. The molecule has 0 aliphatic carbocycles. The number of anilines is 1. The Morgan fingerprint density at radius 3 is 2.83 bits per heavy atom. The maximum absolute atomic E-state index is 11.8. The minimum atomic E-state index is 0.110. The predicted octanol–water partition coefficient (Wildman–Crippen LogP) is 0.0809. The van der Waals surface area contributed by atoms with Gasteiger partial charge in [-0.25, -0.2) is 4.98 Å². The fourth-order valence-corrected chi connectivity index (χ4v) is 2.79. The van der Waals surface area contributed by atoms with Crippen LogP contribution in [-0.4, -0.2) is 69.7 Å². The molecule has 0 atom stereocenters. The van der Waals surface area contributed by atoms with Gasteiger partial charge in [-0.1, -0.05) is 6.92 Å². The van der Waals surface area contributed by atoms with Crippen LogP contribution in [0.1, 0.15) is 19.0 Å².